The average Bonchev–Trinajstić information content (AvgIpc) is 2.28. The van der Waals surface area contributed by atoms with Gasteiger partial charge in [-0.05, 0) is 43.2 Å². The molecule has 0 atom stereocenters. The zero-order chi connectivity index (χ0) is 12.3. The number of nitrogens with zero attached hydrogens (tertiary/aromatic N) is 1. The van der Waals surface area contributed by atoms with Gasteiger partial charge >= 0.3 is 0 Å². The highest BCUT2D eigenvalue weighted by atomic mass is 14.9. The van der Waals surface area contributed by atoms with Gasteiger partial charge < -0.3 is 10.6 Å². The van der Waals surface area contributed by atoms with Gasteiger partial charge in [0.25, 0.3) is 0 Å². The van der Waals surface area contributed by atoms with Crippen LogP contribution in [-0.2, 0) is 0 Å². The molecular formula is C14H17N3. The second-order valence-electron chi connectivity index (χ2n) is 4.21. The lowest BCUT2D eigenvalue weighted by Gasteiger charge is -2.09. The predicted octanol–water partition coefficient (Wildman–Crippen LogP) is 3.48. The molecule has 0 bridgehead atoms. The molecule has 0 saturated heterocycles. The molecule has 1 aromatic carbocycles. The van der Waals surface area contributed by atoms with Crippen LogP contribution in [0, 0.1) is 13.8 Å². The fraction of sp³-hybridized carbons (Fsp3) is 0.214. The summed E-state index contributed by atoms with van der Waals surface area (Å²) in [7, 11) is 1.89. The van der Waals surface area contributed by atoms with Crippen LogP contribution in [0.3, 0.4) is 0 Å². The molecule has 0 aliphatic rings. The lowest BCUT2D eigenvalue weighted by molar-refractivity contribution is 1.30. The zero-order valence-corrected chi connectivity index (χ0v) is 10.4. The molecule has 2 N–H and O–H groups in total. The van der Waals surface area contributed by atoms with Crippen LogP contribution < -0.4 is 10.6 Å². The van der Waals surface area contributed by atoms with Crippen LogP contribution in [0.2, 0.25) is 0 Å². The third-order valence-electron chi connectivity index (χ3n) is 2.54. The average molecular weight is 227 g/mol. The number of aryl methyl sites for hydroxylation is 2. The highest BCUT2D eigenvalue weighted by molar-refractivity contribution is 5.64. The van der Waals surface area contributed by atoms with Crippen molar-refractivity contribution in [2.75, 3.05) is 17.7 Å². The molecule has 2 aromatic rings. The van der Waals surface area contributed by atoms with E-state index in [9.17, 15) is 0 Å². The Balaban J connectivity index is 2.24. The third kappa shape index (κ3) is 2.97. The number of pyridine rings is 1. The molecule has 0 aliphatic heterocycles. The molecule has 0 unspecified atom stereocenters. The summed E-state index contributed by atoms with van der Waals surface area (Å²) < 4.78 is 0. The van der Waals surface area contributed by atoms with Crippen LogP contribution in [0.1, 0.15) is 11.1 Å². The molecule has 3 nitrogen and oxygen atoms in total. The smallest absolute Gasteiger partial charge is 0.0591 e. The van der Waals surface area contributed by atoms with Crippen LogP contribution >= 0.6 is 0 Å². The molecule has 0 spiro atoms. The van der Waals surface area contributed by atoms with Gasteiger partial charge in [0.05, 0.1) is 23.8 Å². The largest absolute Gasteiger partial charge is 0.387 e. The van der Waals surface area contributed by atoms with Crippen molar-refractivity contribution in [3.63, 3.8) is 0 Å². The number of aromatic nitrogens is 1. The number of hydrogen-bond donors (Lipinski definition) is 2. The summed E-state index contributed by atoms with van der Waals surface area (Å²) >= 11 is 0. The van der Waals surface area contributed by atoms with Gasteiger partial charge in [0.15, 0.2) is 0 Å². The lowest BCUT2D eigenvalue weighted by Crippen LogP contribution is -1.95. The Kier molecular flexibility index (Phi) is 3.28. The Labute approximate surface area is 102 Å². The van der Waals surface area contributed by atoms with Gasteiger partial charge in [-0.25, -0.2) is 0 Å². The van der Waals surface area contributed by atoms with E-state index in [-0.39, 0.29) is 0 Å². The Morgan fingerprint density at radius 3 is 2.12 bits per heavy atom. The van der Waals surface area contributed by atoms with Crippen LogP contribution in [0.25, 0.3) is 0 Å². The van der Waals surface area contributed by atoms with Gasteiger partial charge in [0.2, 0.25) is 0 Å². The quantitative estimate of drug-likeness (QED) is 0.842. The van der Waals surface area contributed by atoms with Gasteiger partial charge in [-0.2, -0.15) is 0 Å². The second kappa shape index (κ2) is 4.87. The highest BCUT2D eigenvalue weighted by Gasteiger charge is 1.98. The zero-order valence-electron chi connectivity index (χ0n) is 10.4. The molecule has 0 aliphatic carbocycles. The highest BCUT2D eigenvalue weighted by Crippen LogP contribution is 2.20. The summed E-state index contributed by atoms with van der Waals surface area (Å²) in [5.74, 6) is 0. The Morgan fingerprint density at radius 1 is 0.824 bits per heavy atom. The van der Waals surface area contributed by atoms with Crippen molar-refractivity contribution in [1.82, 2.24) is 4.98 Å². The van der Waals surface area contributed by atoms with E-state index in [1.807, 2.05) is 19.3 Å². The molecule has 17 heavy (non-hydrogen) atoms. The molecule has 1 heterocycles. The van der Waals surface area contributed by atoms with Crippen molar-refractivity contribution in [1.29, 1.82) is 0 Å². The number of hydrogen-bond acceptors (Lipinski definition) is 3. The summed E-state index contributed by atoms with van der Waals surface area (Å²) in [6, 6.07) is 8.44. The number of nitrogens with one attached hydrogen (secondary N) is 2. The fourth-order valence-electron chi connectivity index (χ4n) is 1.86. The monoisotopic (exact) mass is 227 g/mol. The van der Waals surface area contributed by atoms with E-state index in [2.05, 4.69) is 47.7 Å². The molecule has 2 rings (SSSR count). The maximum Gasteiger partial charge on any atom is 0.0591 e. The molecular weight excluding hydrogens is 210 g/mol. The topological polar surface area (TPSA) is 37.0 Å². The van der Waals surface area contributed by atoms with Crippen molar-refractivity contribution in [3.05, 3.63) is 47.8 Å². The van der Waals surface area contributed by atoms with Gasteiger partial charge in [-0.1, -0.05) is 6.07 Å². The maximum absolute atomic E-state index is 4.17. The van der Waals surface area contributed by atoms with Crippen molar-refractivity contribution >= 4 is 17.1 Å². The van der Waals surface area contributed by atoms with E-state index in [4.69, 9.17) is 0 Å². The molecule has 0 amide bonds. The predicted molar refractivity (Wildman–Crippen MR) is 73.0 cm³/mol. The number of anilines is 3. The summed E-state index contributed by atoms with van der Waals surface area (Å²) in [6.45, 7) is 4.20. The Hall–Kier alpha value is -2.03. The van der Waals surface area contributed by atoms with Gasteiger partial charge in [0.1, 0.15) is 0 Å². The normalized spacial score (nSPS) is 10.1. The third-order valence-corrected chi connectivity index (χ3v) is 2.54. The summed E-state index contributed by atoms with van der Waals surface area (Å²) in [4.78, 5) is 4.17. The summed E-state index contributed by atoms with van der Waals surface area (Å²) in [6.07, 6.45) is 3.62. The van der Waals surface area contributed by atoms with Crippen LogP contribution in [-0.4, -0.2) is 12.0 Å². The number of benzene rings is 1. The van der Waals surface area contributed by atoms with Crippen molar-refractivity contribution in [2.24, 2.45) is 0 Å². The molecule has 0 saturated carbocycles. The maximum atomic E-state index is 4.17. The molecule has 0 fully saturated rings. The minimum atomic E-state index is 0.988. The molecule has 0 radical (unpaired) electrons. The van der Waals surface area contributed by atoms with E-state index >= 15 is 0 Å². The van der Waals surface area contributed by atoms with Crippen LogP contribution in [0.5, 0.6) is 0 Å². The van der Waals surface area contributed by atoms with Gasteiger partial charge in [0, 0.05) is 12.7 Å². The summed E-state index contributed by atoms with van der Waals surface area (Å²) in [5, 5.41) is 6.43. The Morgan fingerprint density at radius 2 is 1.47 bits per heavy atom. The molecule has 88 valence electrons. The van der Waals surface area contributed by atoms with Crippen LogP contribution in [0.4, 0.5) is 17.1 Å². The minimum absolute atomic E-state index is 0.988. The van der Waals surface area contributed by atoms with Crippen molar-refractivity contribution in [3.8, 4) is 0 Å². The SMILES string of the molecule is CNc1cncc(Nc2cc(C)cc(C)c2)c1. The fourth-order valence-corrected chi connectivity index (χ4v) is 1.86. The van der Waals surface area contributed by atoms with E-state index < -0.39 is 0 Å². The first-order chi connectivity index (χ1) is 8.17. The van der Waals surface area contributed by atoms with Crippen LogP contribution in [0.15, 0.2) is 36.7 Å². The lowest BCUT2D eigenvalue weighted by atomic mass is 10.1. The number of rotatable bonds is 3. The first kappa shape index (κ1) is 11.5. The van der Waals surface area contributed by atoms with Crippen molar-refractivity contribution in [2.45, 2.75) is 13.8 Å². The second-order valence-corrected chi connectivity index (χ2v) is 4.21. The van der Waals surface area contributed by atoms with E-state index in [1.54, 1.807) is 6.20 Å². The van der Waals surface area contributed by atoms with E-state index in [0.717, 1.165) is 17.1 Å². The minimum Gasteiger partial charge on any atom is -0.387 e. The standard InChI is InChI=1S/C14H17N3/c1-10-4-11(2)6-12(5-10)17-14-7-13(15-3)8-16-9-14/h4-9,15,17H,1-3H3. The van der Waals surface area contributed by atoms with Crippen molar-refractivity contribution < 1.29 is 0 Å². The van der Waals surface area contributed by atoms with Gasteiger partial charge in [-0.15, -0.1) is 0 Å². The first-order valence-electron chi connectivity index (χ1n) is 5.65. The molecule has 1 aromatic heterocycles. The first-order valence-corrected chi connectivity index (χ1v) is 5.65. The van der Waals surface area contributed by atoms with E-state index in [0.29, 0.717) is 0 Å². The Bertz CT molecular complexity index is 500. The van der Waals surface area contributed by atoms with Gasteiger partial charge in [-0.3, -0.25) is 4.98 Å². The summed E-state index contributed by atoms with van der Waals surface area (Å²) in [5.41, 5.74) is 5.59. The van der Waals surface area contributed by atoms with E-state index in [1.165, 1.54) is 11.1 Å². The molecule has 3 heteroatoms.